The molecule has 0 saturated heterocycles. The van der Waals surface area contributed by atoms with Crippen LogP contribution < -0.4 is 20.9 Å². The molecule has 0 radical (unpaired) electrons. The highest BCUT2D eigenvalue weighted by atomic mass is 32.1. The molecule has 0 heterocycles. The molecule has 1 amide bonds. The summed E-state index contributed by atoms with van der Waals surface area (Å²) >= 11 is 5.14. The molecule has 0 aromatic heterocycles. The second kappa shape index (κ2) is 9.08. The number of nitrogens with one attached hydrogen (secondary N) is 3. The number of hydrazine groups is 1. The number of unbranched alkanes of at least 4 members (excludes halogenated alkanes) is 2. The smallest absolute Gasteiger partial charge is 0.273 e. The van der Waals surface area contributed by atoms with Gasteiger partial charge in [0.1, 0.15) is 5.75 Å². The fourth-order valence-corrected chi connectivity index (χ4v) is 2.52. The van der Waals surface area contributed by atoms with Crippen molar-refractivity contribution >= 4 is 34.0 Å². The van der Waals surface area contributed by atoms with Crippen molar-refractivity contribution in [3.63, 3.8) is 0 Å². The van der Waals surface area contributed by atoms with E-state index in [2.05, 4.69) is 23.1 Å². The maximum Gasteiger partial charge on any atom is 0.273 e. The van der Waals surface area contributed by atoms with Gasteiger partial charge in [-0.25, -0.2) is 0 Å². The largest absolute Gasteiger partial charge is 0.496 e. The number of thiocarbonyl (C=S) groups is 1. The summed E-state index contributed by atoms with van der Waals surface area (Å²) in [6.07, 6.45) is 3.35. The Labute approximate surface area is 147 Å². The van der Waals surface area contributed by atoms with Crippen molar-refractivity contribution in [2.75, 3.05) is 13.7 Å². The second-order valence-corrected chi connectivity index (χ2v) is 5.85. The van der Waals surface area contributed by atoms with E-state index in [1.54, 1.807) is 7.11 Å². The Morgan fingerprint density at radius 2 is 1.83 bits per heavy atom. The van der Waals surface area contributed by atoms with Crippen molar-refractivity contribution in [1.82, 2.24) is 16.2 Å². The normalized spacial score (nSPS) is 10.2. The van der Waals surface area contributed by atoms with Gasteiger partial charge >= 0.3 is 0 Å². The lowest BCUT2D eigenvalue weighted by atomic mass is 10.1. The number of carbonyl (C=O) groups is 1. The van der Waals surface area contributed by atoms with Crippen molar-refractivity contribution in [3.8, 4) is 5.75 Å². The van der Waals surface area contributed by atoms with E-state index in [0.717, 1.165) is 36.6 Å². The van der Waals surface area contributed by atoms with Crippen LogP contribution in [0.4, 0.5) is 0 Å². The molecule has 0 spiro atoms. The van der Waals surface area contributed by atoms with Gasteiger partial charge in [0.05, 0.1) is 12.7 Å². The molecule has 2 rings (SSSR count). The van der Waals surface area contributed by atoms with Crippen LogP contribution in [0.3, 0.4) is 0 Å². The number of methoxy groups -OCH3 is 1. The van der Waals surface area contributed by atoms with Gasteiger partial charge in [-0.05, 0) is 41.5 Å². The molecule has 6 heteroatoms. The molecule has 2 aromatic rings. The van der Waals surface area contributed by atoms with Gasteiger partial charge in [0.15, 0.2) is 5.11 Å². The zero-order valence-corrected chi connectivity index (χ0v) is 14.8. The molecule has 0 saturated carbocycles. The lowest BCUT2D eigenvalue weighted by Crippen LogP contribution is -2.47. The minimum Gasteiger partial charge on any atom is -0.496 e. The third-order valence-electron chi connectivity index (χ3n) is 3.67. The van der Waals surface area contributed by atoms with E-state index in [9.17, 15) is 4.79 Å². The number of fused-ring (bicyclic) bond motifs is 1. The first-order valence-electron chi connectivity index (χ1n) is 8.06. The minimum atomic E-state index is -0.296. The number of amides is 1. The molecule has 0 bridgehead atoms. The van der Waals surface area contributed by atoms with Gasteiger partial charge in [-0.15, -0.1) is 0 Å². The zero-order chi connectivity index (χ0) is 17.4. The van der Waals surface area contributed by atoms with E-state index < -0.39 is 0 Å². The van der Waals surface area contributed by atoms with Crippen molar-refractivity contribution in [3.05, 3.63) is 42.0 Å². The molecule has 0 fully saturated rings. The quantitative estimate of drug-likeness (QED) is 0.426. The van der Waals surface area contributed by atoms with Crippen LogP contribution in [0.2, 0.25) is 0 Å². The highest BCUT2D eigenvalue weighted by molar-refractivity contribution is 7.80. The van der Waals surface area contributed by atoms with Crippen LogP contribution >= 0.6 is 12.2 Å². The monoisotopic (exact) mass is 345 g/mol. The van der Waals surface area contributed by atoms with Crippen LogP contribution in [0.1, 0.15) is 36.5 Å². The van der Waals surface area contributed by atoms with Gasteiger partial charge in [-0.3, -0.25) is 15.6 Å². The molecule has 0 aliphatic heterocycles. The van der Waals surface area contributed by atoms with E-state index in [1.165, 1.54) is 0 Å². The Morgan fingerprint density at radius 3 is 2.50 bits per heavy atom. The first-order valence-corrected chi connectivity index (χ1v) is 8.47. The summed E-state index contributed by atoms with van der Waals surface area (Å²) in [5.41, 5.74) is 5.78. The summed E-state index contributed by atoms with van der Waals surface area (Å²) < 4.78 is 5.34. The van der Waals surface area contributed by atoms with Crippen molar-refractivity contribution in [1.29, 1.82) is 0 Å². The summed E-state index contributed by atoms with van der Waals surface area (Å²) in [5.74, 6) is 0.227. The fourth-order valence-electron chi connectivity index (χ4n) is 2.37. The predicted octanol–water partition coefficient (Wildman–Crippen LogP) is 3.15. The Balaban J connectivity index is 1.99. The molecule has 0 aliphatic rings. The maximum absolute atomic E-state index is 12.4. The summed E-state index contributed by atoms with van der Waals surface area (Å²) in [6.45, 7) is 2.93. The SMILES string of the molecule is CCCCCNC(=S)NNC(=O)c1cc2ccccc2cc1OC. The highest BCUT2D eigenvalue weighted by Gasteiger charge is 2.13. The topological polar surface area (TPSA) is 62.4 Å². The minimum absolute atomic E-state index is 0.296. The molecule has 0 unspecified atom stereocenters. The summed E-state index contributed by atoms with van der Waals surface area (Å²) in [4.78, 5) is 12.4. The molecule has 128 valence electrons. The number of hydrogen-bond donors (Lipinski definition) is 3. The molecule has 24 heavy (non-hydrogen) atoms. The molecular formula is C18H23N3O2S. The summed E-state index contributed by atoms with van der Waals surface area (Å²) in [5, 5.41) is 5.45. The van der Waals surface area contributed by atoms with Gasteiger partial charge in [-0.1, -0.05) is 44.0 Å². The molecule has 0 atom stereocenters. The third kappa shape index (κ3) is 4.83. The van der Waals surface area contributed by atoms with Crippen LogP contribution in [-0.2, 0) is 0 Å². The van der Waals surface area contributed by atoms with Crippen LogP contribution in [0.25, 0.3) is 10.8 Å². The lowest BCUT2D eigenvalue weighted by Gasteiger charge is -2.13. The van der Waals surface area contributed by atoms with E-state index in [-0.39, 0.29) is 5.91 Å². The van der Waals surface area contributed by atoms with E-state index in [1.807, 2.05) is 36.4 Å². The number of carbonyl (C=O) groups excluding carboxylic acids is 1. The van der Waals surface area contributed by atoms with Crippen LogP contribution in [0.5, 0.6) is 5.75 Å². The van der Waals surface area contributed by atoms with Crippen LogP contribution in [0, 0.1) is 0 Å². The molecule has 2 aromatic carbocycles. The number of benzene rings is 2. The average Bonchev–Trinajstić information content (AvgIpc) is 2.62. The van der Waals surface area contributed by atoms with Crippen molar-refractivity contribution in [2.45, 2.75) is 26.2 Å². The van der Waals surface area contributed by atoms with E-state index >= 15 is 0 Å². The molecule has 0 aliphatic carbocycles. The Morgan fingerprint density at radius 1 is 1.12 bits per heavy atom. The second-order valence-electron chi connectivity index (χ2n) is 5.44. The third-order valence-corrected chi connectivity index (χ3v) is 3.91. The first kappa shape index (κ1) is 18.0. The Bertz CT molecular complexity index is 718. The molecule has 5 nitrogen and oxygen atoms in total. The standard InChI is InChI=1S/C18H23N3O2S/c1-3-4-7-10-19-18(24)21-20-17(22)15-11-13-8-5-6-9-14(13)12-16(15)23-2/h5-6,8-9,11-12H,3-4,7,10H2,1-2H3,(H,20,22)(H2,19,21,24). The summed E-state index contributed by atoms with van der Waals surface area (Å²) in [7, 11) is 1.55. The van der Waals surface area contributed by atoms with E-state index in [4.69, 9.17) is 17.0 Å². The molecular weight excluding hydrogens is 322 g/mol. The Kier molecular flexibility index (Phi) is 6.81. The first-order chi connectivity index (χ1) is 11.7. The fraction of sp³-hybridized carbons (Fsp3) is 0.333. The average molecular weight is 345 g/mol. The van der Waals surface area contributed by atoms with Crippen molar-refractivity contribution in [2.24, 2.45) is 0 Å². The van der Waals surface area contributed by atoms with Gasteiger partial charge in [0.2, 0.25) is 0 Å². The zero-order valence-electron chi connectivity index (χ0n) is 14.0. The van der Waals surface area contributed by atoms with Gasteiger partial charge in [0, 0.05) is 6.54 Å². The Hall–Kier alpha value is -2.34. The van der Waals surface area contributed by atoms with Crippen molar-refractivity contribution < 1.29 is 9.53 Å². The van der Waals surface area contributed by atoms with E-state index in [0.29, 0.717) is 16.4 Å². The number of hydrogen-bond acceptors (Lipinski definition) is 3. The molecule has 3 N–H and O–H groups in total. The van der Waals surface area contributed by atoms with Crippen LogP contribution in [0.15, 0.2) is 36.4 Å². The predicted molar refractivity (Wildman–Crippen MR) is 101 cm³/mol. The van der Waals surface area contributed by atoms with Gasteiger partial charge in [-0.2, -0.15) is 0 Å². The number of ether oxygens (including phenoxy) is 1. The van der Waals surface area contributed by atoms with Gasteiger partial charge < -0.3 is 10.1 Å². The maximum atomic E-state index is 12.4. The van der Waals surface area contributed by atoms with Gasteiger partial charge in [0.25, 0.3) is 5.91 Å². The lowest BCUT2D eigenvalue weighted by molar-refractivity contribution is 0.0941. The number of rotatable bonds is 6. The highest BCUT2D eigenvalue weighted by Crippen LogP contribution is 2.25. The van der Waals surface area contributed by atoms with Crippen LogP contribution in [-0.4, -0.2) is 24.7 Å². The summed E-state index contributed by atoms with van der Waals surface area (Å²) in [6, 6.07) is 11.5.